The Labute approximate surface area is 337 Å². The first-order valence-corrected chi connectivity index (χ1v) is 19.1. The Morgan fingerprint density at radius 2 is 0.983 bits per heavy atom. The van der Waals surface area contributed by atoms with Gasteiger partial charge >= 0.3 is 0 Å². The van der Waals surface area contributed by atoms with E-state index in [2.05, 4.69) is 125 Å². The van der Waals surface area contributed by atoms with E-state index in [0.29, 0.717) is 0 Å². The molecule has 0 aliphatic carbocycles. The minimum atomic E-state index is 0.763. The molecule has 0 radical (unpaired) electrons. The van der Waals surface area contributed by atoms with Crippen molar-refractivity contribution in [3.05, 3.63) is 201 Å². The predicted molar refractivity (Wildman–Crippen MR) is 231 cm³/mol. The molecule has 2 aromatic heterocycles. The maximum atomic E-state index is 5.77. The number of aromatic nitrogens is 2. The summed E-state index contributed by atoms with van der Waals surface area (Å²) in [5.74, 6) is 3.09. The van der Waals surface area contributed by atoms with Gasteiger partial charge in [0.15, 0.2) is 0 Å². The van der Waals surface area contributed by atoms with E-state index in [0.717, 1.165) is 112 Å². The lowest BCUT2D eigenvalue weighted by molar-refractivity contribution is -0.383. The lowest BCUT2D eigenvalue weighted by Gasteiger charge is -2.13. The molecule has 3 aliphatic rings. The van der Waals surface area contributed by atoms with Gasteiger partial charge in [0.2, 0.25) is 11.4 Å². The number of ether oxygens (including phenoxy) is 4. The van der Waals surface area contributed by atoms with Gasteiger partial charge in [-0.3, -0.25) is 0 Å². The van der Waals surface area contributed by atoms with Crippen molar-refractivity contribution in [2.45, 2.75) is 0 Å². The first-order chi connectivity index (χ1) is 28.4. The molecule has 58 heavy (non-hydrogen) atoms. The maximum absolute atomic E-state index is 5.77. The van der Waals surface area contributed by atoms with Gasteiger partial charge in [0.1, 0.15) is 23.0 Å². The second kappa shape index (κ2) is 15.0. The molecule has 8 nitrogen and oxygen atoms in total. The maximum Gasteiger partial charge on any atom is 0.214 e. The largest absolute Gasteiger partial charge is 0.497 e. The molecule has 8 bridgehead atoms. The van der Waals surface area contributed by atoms with Crippen LogP contribution in [-0.4, -0.2) is 49.0 Å². The zero-order chi connectivity index (χ0) is 39.9. The minimum Gasteiger partial charge on any atom is -0.497 e. The van der Waals surface area contributed by atoms with E-state index in [1.165, 1.54) is 0 Å². The van der Waals surface area contributed by atoms with E-state index in [9.17, 15) is 0 Å². The summed E-state index contributed by atoms with van der Waals surface area (Å²) in [6, 6.07) is 39.5. The molecule has 0 saturated carbocycles. The summed E-state index contributed by atoms with van der Waals surface area (Å²) in [4.78, 5) is 9.32. The second-order valence-corrected chi connectivity index (χ2v) is 14.3. The highest BCUT2D eigenvalue weighted by atomic mass is 16.5. The van der Waals surface area contributed by atoms with Gasteiger partial charge in [-0.05, 0) is 101 Å². The lowest BCUT2D eigenvalue weighted by Crippen LogP contribution is -2.69. The second-order valence-electron chi connectivity index (χ2n) is 14.3. The van der Waals surface area contributed by atoms with Crippen molar-refractivity contribution in [1.29, 1.82) is 0 Å². The molecular formula is C50H43N4O4+. The Balaban J connectivity index is 1.45. The van der Waals surface area contributed by atoms with Crippen LogP contribution in [0.4, 0.5) is 0 Å². The Morgan fingerprint density at radius 1 is 0.483 bits per heavy atom. The summed E-state index contributed by atoms with van der Waals surface area (Å²) >= 11 is 0. The monoisotopic (exact) mass is 763 g/mol. The molecule has 0 amide bonds. The smallest absolute Gasteiger partial charge is 0.214 e. The fourth-order valence-corrected chi connectivity index (χ4v) is 8.18. The van der Waals surface area contributed by atoms with Gasteiger partial charge in [0.25, 0.3) is 0 Å². The number of allylic oxidation sites excluding steroid dienone is 5. The Kier molecular flexibility index (Phi) is 9.38. The lowest BCUT2D eigenvalue weighted by atomic mass is 9.96. The van der Waals surface area contributed by atoms with E-state index in [-0.39, 0.29) is 0 Å². The molecule has 1 N–H and O–H groups in total. The summed E-state index contributed by atoms with van der Waals surface area (Å²) < 4.78 is 27.5. The fourth-order valence-electron chi connectivity index (χ4n) is 8.18. The molecule has 4 aromatic carbocycles. The average Bonchev–Trinajstić information content (AvgIpc) is 4.08. The van der Waals surface area contributed by atoms with Crippen LogP contribution in [0.3, 0.4) is 0 Å². The van der Waals surface area contributed by atoms with Gasteiger partial charge in [-0.1, -0.05) is 48.5 Å². The Morgan fingerprint density at radius 3 is 1.53 bits per heavy atom. The first kappa shape index (κ1) is 36.3. The normalized spacial score (nSPS) is 14.6. The minimum absolute atomic E-state index is 0.763. The van der Waals surface area contributed by atoms with Crippen molar-refractivity contribution in [2.75, 3.05) is 28.4 Å². The van der Waals surface area contributed by atoms with E-state index in [1.807, 2.05) is 48.5 Å². The zero-order valence-electron chi connectivity index (χ0n) is 33.3. The number of hydrogen-bond donors (Lipinski definition) is 1. The molecule has 0 atom stereocenters. The van der Waals surface area contributed by atoms with Crippen LogP contribution in [0.2, 0.25) is 0 Å². The third kappa shape index (κ3) is 6.38. The summed E-state index contributed by atoms with van der Waals surface area (Å²) in [7, 11) is 11.0. The summed E-state index contributed by atoms with van der Waals surface area (Å²) in [6.07, 6.45) is 10.7. The molecule has 8 heteroatoms. The van der Waals surface area contributed by atoms with Crippen LogP contribution in [0, 0.1) is 0 Å². The van der Waals surface area contributed by atoms with Gasteiger partial charge < -0.3 is 28.1 Å². The van der Waals surface area contributed by atoms with Crippen LogP contribution < -0.4 is 34.6 Å². The predicted octanol–water partition coefficient (Wildman–Crippen LogP) is 6.13. The molecule has 286 valence electrons. The summed E-state index contributed by atoms with van der Waals surface area (Å²) in [6.45, 7) is 0. The third-order valence-electron chi connectivity index (χ3n) is 11.0. The standard InChI is InChI=1S/C50H42N4O4/c1-53-30-35-29-46(53)50(34-14-10-18-39(28-34)58-6)43-22-20-41(52-43)48(32-12-8-16-37(26-32)56-4)40-19-21-42(51-40)49(33-13-9-17-38(27-33)57-5)45-24-23-44(54(45)2)47(35)31-11-7-15-36(25-31)55-3/h7-30H,1-6H3/p+1. The molecule has 0 spiro atoms. The van der Waals surface area contributed by atoms with E-state index in [1.54, 1.807) is 28.4 Å². The molecule has 6 aromatic rings. The molecule has 9 rings (SSSR count). The highest BCUT2D eigenvalue weighted by Gasteiger charge is 2.29. The van der Waals surface area contributed by atoms with E-state index >= 15 is 0 Å². The SMILES string of the molecule is COc1cccc(C2=C3C=CC(=[NH+]3)C(c3cccc(OC)c3)=c3ccc(n3C)=C(c3cccc(OC)c3)c3cc(n(C)c3)C(c3cccc(OC)c3)=C3C=CC2=N3)c1. The van der Waals surface area contributed by atoms with Gasteiger partial charge in [0.05, 0.1) is 62.0 Å². The number of nitrogens with one attached hydrogen (secondary N) is 1. The fraction of sp³-hybridized carbons (Fsp3) is 0.120. The molecule has 0 fully saturated rings. The Hall–Kier alpha value is -7.32. The average molecular weight is 764 g/mol. The molecule has 5 heterocycles. The van der Waals surface area contributed by atoms with Crippen molar-refractivity contribution in [3.63, 3.8) is 0 Å². The van der Waals surface area contributed by atoms with Gasteiger partial charge in [-0.2, -0.15) is 0 Å². The highest BCUT2D eigenvalue weighted by Crippen LogP contribution is 2.37. The number of aliphatic imine (C=N–C) groups is 1. The number of benzene rings is 4. The number of rotatable bonds is 8. The number of nitrogens with zero attached hydrogens (tertiary/aromatic N) is 3. The topological polar surface area (TPSA) is 73.1 Å². The molecule has 0 saturated heterocycles. The van der Waals surface area contributed by atoms with Crippen LogP contribution in [0.5, 0.6) is 23.0 Å². The summed E-state index contributed by atoms with van der Waals surface area (Å²) in [5.41, 5.74) is 13.6. The molecular weight excluding hydrogens is 721 g/mol. The highest BCUT2D eigenvalue weighted by molar-refractivity contribution is 6.33. The van der Waals surface area contributed by atoms with Crippen molar-refractivity contribution < 1.29 is 23.9 Å². The zero-order valence-corrected chi connectivity index (χ0v) is 33.3. The number of hydrogen-bond acceptors (Lipinski definition) is 5. The van der Waals surface area contributed by atoms with Crippen molar-refractivity contribution in [2.24, 2.45) is 19.1 Å². The van der Waals surface area contributed by atoms with Crippen molar-refractivity contribution in [1.82, 2.24) is 9.13 Å². The van der Waals surface area contributed by atoms with E-state index in [4.69, 9.17) is 23.9 Å². The number of methoxy groups -OCH3 is 4. The molecule has 3 aliphatic heterocycles. The van der Waals surface area contributed by atoms with Crippen molar-refractivity contribution in [3.8, 4) is 23.0 Å². The van der Waals surface area contributed by atoms with Crippen LogP contribution in [0.15, 0.2) is 162 Å². The van der Waals surface area contributed by atoms with Gasteiger partial charge in [-0.25, -0.2) is 9.98 Å². The quantitative estimate of drug-likeness (QED) is 0.203. The Bertz CT molecular complexity index is 2970. The number of aryl methyl sites for hydroxylation is 1. The van der Waals surface area contributed by atoms with Crippen LogP contribution in [0.25, 0.3) is 22.3 Å². The van der Waals surface area contributed by atoms with Gasteiger partial charge in [-0.15, -0.1) is 0 Å². The van der Waals surface area contributed by atoms with Crippen LogP contribution in [-0.2, 0) is 14.1 Å². The first-order valence-electron chi connectivity index (χ1n) is 19.1. The molecule has 0 unspecified atom stereocenters. The summed E-state index contributed by atoms with van der Waals surface area (Å²) in [5, 5.41) is 2.07. The number of fused-ring (bicyclic) bond motifs is 6. The van der Waals surface area contributed by atoms with Crippen LogP contribution >= 0.6 is 0 Å². The van der Waals surface area contributed by atoms with Gasteiger partial charge in [0, 0.05) is 54.5 Å². The van der Waals surface area contributed by atoms with Crippen LogP contribution in [0.1, 0.15) is 33.5 Å². The third-order valence-corrected chi connectivity index (χ3v) is 11.0. The van der Waals surface area contributed by atoms with E-state index < -0.39 is 0 Å². The van der Waals surface area contributed by atoms with Crippen molar-refractivity contribution >= 4 is 33.7 Å².